The minimum Gasteiger partial charge on any atom is -0.493 e. The van der Waals surface area contributed by atoms with Crippen LogP contribution in [-0.4, -0.2) is 45.9 Å². The summed E-state index contributed by atoms with van der Waals surface area (Å²) in [7, 11) is 1.61. The van der Waals surface area contributed by atoms with E-state index in [9.17, 15) is 4.79 Å². The van der Waals surface area contributed by atoms with E-state index in [0.29, 0.717) is 78.7 Å². The van der Waals surface area contributed by atoms with Crippen LogP contribution in [0.2, 0.25) is 0 Å². The number of carbonyl (C=O) groups is 1. The Labute approximate surface area is 259 Å². The average Bonchev–Trinajstić information content (AvgIpc) is 3.01. The van der Waals surface area contributed by atoms with E-state index in [1.807, 2.05) is 24.3 Å². The topological polar surface area (TPSA) is 72.5 Å². The van der Waals surface area contributed by atoms with Crippen LogP contribution in [0.25, 0.3) is 6.08 Å². The molecule has 2 aromatic rings. The zero-order valence-corrected chi connectivity index (χ0v) is 27.4. The molecule has 0 radical (unpaired) electrons. The number of unbranched alkanes of at least 4 members (excludes halogenated alkanes) is 5. The summed E-state index contributed by atoms with van der Waals surface area (Å²) in [5.41, 5.74) is 1.07. The Bertz CT molecular complexity index is 1110. The molecule has 7 nitrogen and oxygen atoms in total. The number of benzene rings is 2. The quantitative estimate of drug-likeness (QED) is 0.0677. The monoisotopic (exact) mass is 598 g/mol. The van der Waals surface area contributed by atoms with Crippen LogP contribution in [0, 0.1) is 0 Å². The second-order valence-corrected chi connectivity index (χ2v) is 10.5. The second-order valence-electron chi connectivity index (χ2n) is 10.5. The number of hydrogen-bond acceptors (Lipinski definition) is 7. The summed E-state index contributed by atoms with van der Waals surface area (Å²) in [6.45, 7) is 13.2. The molecule has 0 N–H and O–H groups in total. The van der Waals surface area contributed by atoms with Gasteiger partial charge in [0.15, 0.2) is 28.8 Å². The summed E-state index contributed by atoms with van der Waals surface area (Å²) in [6, 6.07) is 7.40. The number of allylic oxidation sites excluding steroid dienone is 1. The molecule has 7 heteroatoms. The lowest BCUT2D eigenvalue weighted by atomic mass is 10.0. The van der Waals surface area contributed by atoms with Crippen LogP contribution in [0.4, 0.5) is 0 Å². The number of hydrogen-bond donors (Lipinski definition) is 0. The van der Waals surface area contributed by atoms with Crippen molar-refractivity contribution in [3.8, 4) is 34.5 Å². The van der Waals surface area contributed by atoms with Crippen LogP contribution >= 0.6 is 0 Å². The van der Waals surface area contributed by atoms with Gasteiger partial charge >= 0.3 is 0 Å². The molecule has 0 unspecified atom stereocenters. The lowest BCUT2D eigenvalue weighted by Gasteiger charge is -2.19. The van der Waals surface area contributed by atoms with Gasteiger partial charge in [-0.2, -0.15) is 0 Å². The number of carbonyl (C=O) groups excluding carboxylic acids is 1. The summed E-state index contributed by atoms with van der Waals surface area (Å²) >= 11 is 0. The first-order chi connectivity index (χ1) is 21.0. The van der Waals surface area contributed by atoms with Crippen molar-refractivity contribution < 1.29 is 33.2 Å². The SMILES string of the molecule is CCCCOc1cc(/C=C/C(=O)c2c(OCCCC)ccc(OCCCC)c2OCCCC)c(OCCCC)c(OC)c1. The Morgan fingerprint density at radius 2 is 1.09 bits per heavy atom. The predicted molar refractivity (Wildman–Crippen MR) is 175 cm³/mol. The standard InChI is InChI=1S/C36H54O7/c1-7-12-21-39-29-26-28(35(33(27-29)38-6)42-24-15-10-4)17-18-30(37)34-31(40-22-13-8-2)19-20-32(41-23-14-9-3)36(34)43-25-16-11-5/h17-20,26-27H,7-16,21-25H2,1-6H3/b18-17+. The Morgan fingerprint density at radius 3 is 1.65 bits per heavy atom. The molecule has 0 atom stereocenters. The largest absolute Gasteiger partial charge is 0.493 e. The minimum atomic E-state index is -0.241. The molecule has 0 aliphatic heterocycles. The number of ether oxygens (including phenoxy) is 6. The van der Waals surface area contributed by atoms with Crippen LogP contribution in [0.1, 0.15) is 115 Å². The maximum absolute atomic E-state index is 14.0. The van der Waals surface area contributed by atoms with Gasteiger partial charge in [-0.15, -0.1) is 0 Å². The number of ketones is 1. The molecule has 240 valence electrons. The Balaban J connectivity index is 2.58. The van der Waals surface area contributed by atoms with E-state index in [2.05, 4.69) is 34.6 Å². The predicted octanol–water partition coefficient (Wildman–Crippen LogP) is 9.49. The van der Waals surface area contributed by atoms with Crippen LogP contribution in [0.15, 0.2) is 30.3 Å². The molecule has 0 aliphatic carbocycles. The van der Waals surface area contributed by atoms with Crippen molar-refractivity contribution in [3.05, 3.63) is 41.5 Å². The normalized spacial score (nSPS) is 11.0. The van der Waals surface area contributed by atoms with Gasteiger partial charge in [0.1, 0.15) is 17.1 Å². The van der Waals surface area contributed by atoms with Gasteiger partial charge in [0.05, 0.1) is 40.1 Å². The molecular weight excluding hydrogens is 544 g/mol. The Hall–Kier alpha value is -3.35. The highest BCUT2D eigenvalue weighted by Gasteiger charge is 2.23. The minimum absolute atomic E-state index is 0.241. The van der Waals surface area contributed by atoms with Crippen LogP contribution < -0.4 is 28.4 Å². The van der Waals surface area contributed by atoms with Crippen LogP contribution in [0.5, 0.6) is 34.5 Å². The molecule has 0 aliphatic rings. The molecule has 0 spiro atoms. The van der Waals surface area contributed by atoms with Gasteiger partial charge in [-0.25, -0.2) is 0 Å². The first kappa shape index (κ1) is 35.8. The van der Waals surface area contributed by atoms with Crippen molar-refractivity contribution in [1.82, 2.24) is 0 Å². The van der Waals surface area contributed by atoms with E-state index in [1.54, 1.807) is 19.3 Å². The molecule has 2 rings (SSSR count). The van der Waals surface area contributed by atoms with Gasteiger partial charge in [-0.05, 0) is 62.5 Å². The van der Waals surface area contributed by atoms with Gasteiger partial charge < -0.3 is 28.4 Å². The summed E-state index contributed by atoms with van der Waals surface area (Å²) in [5, 5.41) is 0. The van der Waals surface area contributed by atoms with Crippen molar-refractivity contribution in [2.24, 2.45) is 0 Å². The van der Waals surface area contributed by atoms with E-state index < -0.39 is 0 Å². The molecule has 0 heterocycles. The summed E-state index contributed by atoms with van der Waals surface area (Å²) in [5.74, 6) is 3.05. The Kier molecular flexibility index (Phi) is 17.8. The second kappa shape index (κ2) is 21.4. The summed E-state index contributed by atoms with van der Waals surface area (Å²) < 4.78 is 36.3. The van der Waals surface area contributed by atoms with Crippen LogP contribution in [-0.2, 0) is 0 Å². The van der Waals surface area contributed by atoms with E-state index in [4.69, 9.17) is 28.4 Å². The third-order valence-corrected chi connectivity index (χ3v) is 6.79. The smallest absolute Gasteiger partial charge is 0.193 e. The van der Waals surface area contributed by atoms with E-state index in [1.165, 1.54) is 0 Å². The fourth-order valence-corrected chi connectivity index (χ4v) is 4.14. The lowest BCUT2D eigenvalue weighted by molar-refractivity contribution is 0.103. The molecule has 43 heavy (non-hydrogen) atoms. The van der Waals surface area contributed by atoms with Gasteiger partial charge in [0, 0.05) is 11.6 Å². The van der Waals surface area contributed by atoms with Gasteiger partial charge in [-0.1, -0.05) is 66.7 Å². The first-order valence-corrected chi connectivity index (χ1v) is 16.3. The third kappa shape index (κ3) is 12.0. The maximum atomic E-state index is 14.0. The summed E-state index contributed by atoms with van der Waals surface area (Å²) in [4.78, 5) is 14.0. The van der Waals surface area contributed by atoms with E-state index in [-0.39, 0.29) is 5.78 Å². The van der Waals surface area contributed by atoms with Crippen molar-refractivity contribution in [3.63, 3.8) is 0 Å². The highest BCUT2D eigenvalue weighted by atomic mass is 16.5. The molecule has 0 aromatic heterocycles. The molecule has 0 bridgehead atoms. The fraction of sp³-hybridized carbons (Fsp3) is 0.583. The highest BCUT2D eigenvalue weighted by Crippen LogP contribution is 2.40. The van der Waals surface area contributed by atoms with Gasteiger partial charge in [0.2, 0.25) is 0 Å². The third-order valence-electron chi connectivity index (χ3n) is 6.79. The van der Waals surface area contributed by atoms with Crippen molar-refractivity contribution in [2.45, 2.75) is 98.8 Å². The van der Waals surface area contributed by atoms with E-state index >= 15 is 0 Å². The molecular formula is C36H54O7. The zero-order valence-electron chi connectivity index (χ0n) is 27.4. The lowest BCUT2D eigenvalue weighted by Crippen LogP contribution is -2.10. The van der Waals surface area contributed by atoms with Gasteiger partial charge in [-0.3, -0.25) is 4.79 Å². The van der Waals surface area contributed by atoms with Crippen molar-refractivity contribution >= 4 is 11.9 Å². The molecule has 2 aromatic carbocycles. The molecule has 0 fully saturated rings. The van der Waals surface area contributed by atoms with Gasteiger partial charge in [0.25, 0.3) is 0 Å². The molecule has 0 saturated carbocycles. The van der Waals surface area contributed by atoms with E-state index in [0.717, 1.165) is 64.2 Å². The average molecular weight is 599 g/mol. The maximum Gasteiger partial charge on any atom is 0.193 e. The molecule has 0 amide bonds. The fourth-order valence-electron chi connectivity index (χ4n) is 4.14. The number of rotatable bonds is 24. The zero-order chi connectivity index (χ0) is 31.3. The molecule has 0 saturated heterocycles. The summed E-state index contributed by atoms with van der Waals surface area (Å²) in [6.07, 6.45) is 12.8. The van der Waals surface area contributed by atoms with Crippen molar-refractivity contribution in [1.29, 1.82) is 0 Å². The number of methoxy groups -OCH3 is 1. The first-order valence-electron chi connectivity index (χ1n) is 16.3. The van der Waals surface area contributed by atoms with Crippen molar-refractivity contribution in [2.75, 3.05) is 40.1 Å². The highest BCUT2D eigenvalue weighted by molar-refractivity contribution is 6.11. The Morgan fingerprint density at radius 1 is 0.605 bits per heavy atom. The van der Waals surface area contributed by atoms with Crippen LogP contribution in [0.3, 0.4) is 0 Å².